The third-order valence-corrected chi connectivity index (χ3v) is 3.17. The highest BCUT2D eigenvalue weighted by molar-refractivity contribution is 5.51. The van der Waals surface area contributed by atoms with Crippen molar-refractivity contribution < 1.29 is 14.4 Å². The summed E-state index contributed by atoms with van der Waals surface area (Å²) in [6.07, 6.45) is 3.30. The zero-order chi connectivity index (χ0) is 16.9. The van der Waals surface area contributed by atoms with Gasteiger partial charge in [0.15, 0.2) is 0 Å². The number of benzene rings is 2. The Labute approximate surface area is 137 Å². The largest absolute Gasteiger partial charge is 0.487 e. The average Bonchev–Trinajstić information content (AvgIpc) is 3.10. The quantitative estimate of drug-likeness (QED) is 0.509. The predicted molar refractivity (Wildman–Crippen MR) is 85.7 cm³/mol. The van der Waals surface area contributed by atoms with Crippen molar-refractivity contribution in [3.63, 3.8) is 0 Å². The number of hydrogen-bond donors (Lipinski definition) is 0. The molecule has 0 saturated heterocycles. The summed E-state index contributed by atoms with van der Waals surface area (Å²) >= 11 is 0. The number of hydrogen-bond acceptors (Lipinski definition) is 6. The Morgan fingerprint density at radius 2 is 2.04 bits per heavy atom. The molecule has 0 aliphatic heterocycles. The van der Waals surface area contributed by atoms with E-state index in [0.29, 0.717) is 18.1 Å². The summed E-state index contributed by atoms with van der Waals surface area (Å²) in [5.74, 6) is 1.19. The highest BCUT2D eigenvalue weighted by Gasteiger charge is 2.16. The van der Waals surface area contributed by atoms with E-state index >= 15 is 0 Å². The van der Waals surface area contributed by atoms with E-state index in [2.05, 4.69) is 10.3 Å². The second-order valence-electron chi connectivity index (χ2n) is 4.77. The monoisotopic (exact) mass is 326 g/mol. The Balaban J connectivity index is 1.87. The fourth-order valence-electron chi connectivity index (χ4n) is 2.15. The molecule has 1 aromatic heterocycles. The molecule has 8 heteroatoms. The van der Waals surface area contributed by atoms with Crippen LogP contribution in [0.4, 0.5) is 5.69 Å². The van der Waals surface area contributed by atoms with Gasteiger partial charge in [-0.3, -0.25) is 10.1 Å². The standard InChI is InChI=1S/C16H14N4O4/c1-2-23-16-11-14(6-7-15(16)20(21)22)24-13-5-3-4-12(10-13)19-9-8-17-18-19/h3-11H,2H2,1H3. The SMILES string of the molecule is CCOc1cc(Oc2cccc(-n3ccnn3)c2)ccc1[N+](=O)[O-]. The fourth-order valence-corrected chi connectivity index (χ4v) is 2.15. The van der Waals surface area contributed by atoms with E-state index in [4.69, 9.17) is 9.47 Å². The first-order valence-corrected chi connectivity index (χ1v) is 7.23. The molecule has 0 atom stereocenters. The van der Waals surface area contributed by atoms with Crippen molar-refractivity contribution in [2.45, 2.75) is 6.92 Å². The van der Waals surface area contributed by atoms with E-state index in [9.17, 15) is 10.1 Å². The smallest absolute Gasteiger partial charge is 0.311 e. The van der Waals surface area contributed by atoms with Crippen LogP contribution in [-0.2, 0) is 0 Å². The van der Waals surface area contributed by atoms with Crippen LogP contribution in [0.3, 0.4) is 0 Å². The second kappa shape index (κ2) is 6.78. The van der Waals surface area contributed by atoms with Crippen LogP contribution in [0.5, 0.6) is 17.2 Å². The minimum absolute atomic E-state index is 0.0967. The molecule has 8 nitrogen and oxygen atoms in total. The molecule has 0 amide bonds. The van der Waals surface area contributed by atoms with Crippen molar-refractivity contribution in [2.75, 3.05) is 6.61 Å². The van der Waals surface area contributed by atoms with Gasteiger partial charge >= 0.3 is 5.69 Å². The van der Waals surface area contributed by atoms with Crippen LogP contribution in [-0.4, -0.2) is 26.5 Å². The maximum absolute atomic E-state index is 11.0. The van der Waals surface area contributed by atoms with Gasteiger partial charge in [-0.25, -0.2) is 4.68 Å². The number of ether oxygens (including phenoxy) is 2. The first kappa shape index (κ1) is 15.5. The van der Waals surface area contributed by atoms with Gasteiger partial charge in [-0.1, -0.05) is 11.3 Å². The van der Waals surface area contributed by atoms with E-state index in [1.54, 1.807) is 36.1 Å². The maximum atomic E-state index is 11.0. The number of aromatic nitrogens is 3. The lowest BCUT2D eigenvalue weighted by molar-refractivity contribution is -0.385. The molecule has 0 fully saturated rings. The molecular formula is C16H14N4O4. The van der Waals surface area contributed by atoms with Gasteiger partial charge in [-0.2, -0.15) is 0 Å². The topological polar surface area (TPSA) is 92.3 Å². The van der Waals surface area contributed by atoms with E-state index in [-0.39, 0.29) is 11.4 Å². The first-order chi connectivity index (χ1) is 11.7. The van der Waals surface area contributed by atoms with Crippen molar-refractivity contribution in [1.82, 2.24) is 15.0 Å². The van der Waals surface area contributed by atoms with Crippen LogP contribution in [0.1, 0.15) is 6.92 Å². The fraction of sp³-hybridized carbons (Fsp3) is 0.125. The number of nitrogens with zero attached hydrogens (tertiary/aromatic N) is 4. The Morgan fingerprint density at radius 1 is 1.21 bits per heavy atom. The molecule has 24 heavy (non-hydrogen) atoms. The zero-order valence-electron chi connectivity index (χ0n) is 12.8. The van der Waals surface area contributed by atoms with Gasteiger partial charge in [0.25, 0.3) is 0 Å². The molecule has 0 aliphatic carbocycles. The van der Waals surface area contributed by atoms with Gasteiger partial charge in [0, 0.05) is 18.2 Å². The van der Waals surface area contributed by atoms with Crippen LogP contribution in [0.25, 0.3) is 5.69 Å². The number of nitro groups is 1. The Kier molecular flexibility index (Phi) is 4.37. The third kappa shape index (κ3) is 3.32. The molecule has 0 unspecified atom stereocenters. The van der Waals surface area contributed by atoms with Crippen LogP contribution in [0, 0.1) is 10.1 Å². The number of nitro benzene ring substituents is 1. The second-order valence-corrected chi connectivity index (χ2v) is 4.77. The summed E-state index contributed by atoms with van der Waals surface area (Å²) in [6, 6.07) is 11.6. The average molecular weight is 326 g/mol. The lowest BCUT2D eigenvalue weighted by Gasteiger charge is -2.10. The minimum atomic E-state index is -0.486. The zero-order valence-corrected chi connectivity index (χ0v) is 12.8. The highest BCUT2D eigenvalue weighted by atomic mass is 16.6. The van der Waals surface area contributed by atoms with E-state index in [1.807, 2.05) is 12.1 Å². The molecule has 0 aliphatic rings. The molecular weight excluding hydrogens is 312 g/mol. The summed E-state index contributed by atoms with van der Waals surface area (Å²) in [7, 11) is 0. The van der Waals surface area contributed by atoms with E-state index < -0.39 is 4.92 Å². The van der Waals surface area contributed by atoms with Crippen LogP contribution >= 0.6 is 0 Å². The van der Waals surface area contributed by atoms with Gasteiger partial charge in [0.05, 0.1) is 29.6 Å². The molecule has 0 radical (unpaired) electrons. The summed E-state index contributed by atoms with van der Waals surface area (Å²) in [6.45, 7) is 2.09. The molecule has 0 N–H and O–H groups in total. The van der Waals surface area contributed by atoms with E-state index in [0.717, 1.165) is 5.69 Å². The summed E-state index contributed by atoms with van der Waals surface area (Å²) in [5.41, 5.74) is 0.692. The predicted octanol–water partition coefficient (Wildman–Crippen LogP) is 3.37. The van der Waals surface area contributed by atoms with Crippen molar-refractivity contribution >= 4 is 5.69 Å². The lowest BCUT2D eigenvalue weighted by Crippen LogP contribution is -1.98. The number of rotatable bonds is 6. The molecule has 122 valence electrons. The summed E-state index contributed by atoms with van der Waals surface area (Å²) in [5, 5.41) is 18.7. The van der Waals surface area contributed by atoms with Gasteiger partial charge in [0.2, 0.25) is 5.75 Å². The molecule has 2 aromatic carbocycles. The maximum Gasteiger partial charge on any atom is 0.311 e. The van der Waals surface area contributed by atoms with Crippen molar-refractivity contribution in [2.24, 2.45) is 0 Å². The highest BCUT2D eigenvalue weighted by Crippen LogP contribution is 2.33. The molecule has 0 saturated carbocycles. The molecule has 0 spiro atoms. The molecule has 3 rings (SSSR count). The normalized spacial score (nSPS) is 10.4. The summed E-state index contributed by atoms with van der Waals surface area (Å²) < 4.78 is 12.7. The van der Waals surface area contributed by atoms with Crippen molar-refractivity contribution in [3.8, 4) is 22.9 Å². The Bertz CT molecular complexity index is 849. The van der Waals surface area contributed by atoms with Crippen LogP contribution < -0.4 is 9.47 Å². The molecule has 3 aromatic rings. The lowest BCUT2D eigenvalue weighted by atomic mass is 10.2. The van der Waals surface area contributed by atoms with Gasteiger partial charge < -0.3 is 9.47 Å². The van der Waals surface area contributed by atoms with Crippen LogP contribution in [0.15, 0.2) is 54.9 Å². The van der Waals surface area contributed by atoms with Crippen LogP contribution in [0.2, 0.25) is 0 Å². The van der Waals surface area contributed by atoms with Gasteiger partial charge in [-0.15, -0.1) is 5.10 Å². The Hall–Kier alpha value is -3.42. The van der Waals surface area contributed by atoms with Crippen molar-refractivity contribution in [3.05, 3.63) is 65.0 Å². The summed E-state index contributed by atoms with van der Waals surface area (Å²) in [4.78, 5) is 10.5. The minimum Gasteiger partial charge on any atom is -0.487 e. The Morgan fingerprint density at radius 3 is 2.75 bits per heavy atom. The van der Waals surface area contributed by atoms with Gasteiger partial charge in [0.1, 0.15) is 11.5 Å². The third-order valence-electron chi connectivity index (χ3n) is 3.17. The first-order valence-electron chi connectivity index (χ1n) is 7.23. The van der Waals surface area contributed by atoms with Crippen molar-refractivity contribution in [1.29, 1.82) is 0 Å². The van der Waals surface area contributed by atoms with Gasteiger partial charge in [-0.05, 0) is 25.1 Å². The van der Waals surface area contributed by atoms with E-state index in [1.165, 1.54) is 18.2 Å². The molecule has 0 bridgehead atoms. The molecule has 1 heterocycles.